The fraction of sp³-hybridized carbons (Fsp3) is 0.200. The highest BCUT2D eigenvalue weighted by molar-refractivity contribution is 6.03. The molecule has 2 rings (SSSR count). The average molecular weight is 249 g/mol. The third-order valence-electron chi connectivity index (χ3n) is 2.46. The zero-order valence-corrected chi connectivity index (χ0v) is 9.80. The fourth-order valence-corrected chi connectivity index (χ4v) is 1.57. The lowest BCUT2D eigenvalue weighted by atomic mass is 10.4. The first kappa shape index (κ1) is 11.8. The van der Waals surface area contributed by atoms with Crippen molar-refractivity contribution in [3.8, 4) is 0 Å². The number of carbonyl (C=O) groups is 1. The largest absolute Gasteiger partial charge is 0.358 e. The summed E-state index contributed by atoms with van der Waals surface area (Å²) in [4.78, 5) is 22.0. The molecule has 0 aliphatic carbocycles. The molecule has 94 valence electrons. The minimum absolute atomic E-state index is 0.140. The monoisotopic (exact) mass is 249 g/mol. The van der Waals surface area contributed by atoms with Gasteiger partial charge in [0.15, 0.2) is 11.5 Å². The summed E-state index contributed by atoms with van der Waals surface area (Å²) in [5.74, 6) is -0.211. The number of aromatic amines is 1. The van der Waals surface area contributed by atoms with Crippen LogP contribution in [0.15, 0.2) is 18.2 Å². The Hall–Kier alpha value is -2.64. The van der Waals surface area contributed by atoms with Crippen LogP contribution in [-0.4, -0.2) is 25.6 Å². The Balaban J connectivity index is 2.22. The molecule has 0 unspecified atom stereocenters. The number of nitrogens with zero attached hydrogens (tertiary/aromatic N) is 3. The molecule has 0 fully saturated rings. The topological polar surface area (TPSA) is 106 Å². The standard InChI is InChI=1S/C10H11N5O3/c1-6-5-8(13-12-6)11-10(16)7-3-4-9(14(7)2)15(17)18/h3-5H,1-2H3,(H2,11,12,13,16). The first-order chi connectivity index (χ1) is 8.49. The predicted octanol–water partition coefficient (Wildman–Crippen LogP) is 1.22. The molecule has 18 heavy (non-hydrogen) atoms. The van der Waals surface area contributed by atoms with Crippen LogP contribution in [0.1, 0.15) is 16.2 Å². The van der Waals surface area contributed by atoms with Crippen molar-refractivity contribution in [3.63, 3.8) is 0 Å². The first-order valence-electron chi connectivity index (χ1n) is 5.12. The van der Waals surface area contributed by atoms with Crippen LogP contribution in [0.4, 0.5) is 11.6 Å². The number of amides is 1. The molecule has 0 spiro atoms. The molecule has 0 aliphatic rings. The number of aryl methyl sites for hydroxylation is 1. The van der Waals surface area contributed by atoms with E-state index in [1.165, 1.54) is 23.7 Å². The number of nitro groups is 1. The third-order valence-corrected chi connectivity index (χ3v) is 2.46. The van der Waals surface area contributed by atoms with Gasteiger partial charge in [0.2, 0.25) is 0 Å². The quantitative estimate of drug-likeness (QED) is 0.630. The van der Waals surface area contributed by atoms with Gasteiger partial charge in [-0.25, -0.2) is 4.57 Å². The maximum Gasteiger partial charge on any atom is 0.323 e. The van der Waals surface area contributed by atoms with Gasteiger partial charge < -0.3 is 15.4 Å². The zero-order valence-electron chi connectivity index (χ0n) is 9.80. The Labute approximate surface area is 102 Å². The van der Waals surface area contributed by atoms with Gasteiger partial charge in [-0.2, -0.15) is 5.10 Å². The summed E-state index contributed by atoms with van der Waals surface area (Å²) < 4.78 is 1.22. The smallest absolute Gasteiger partial charge is 0.323 e. The van der Waals surface area contributed by atoms with Crippen molar-refractivity contribution in [1.29, 1.82) is 0 Å². The molecule has 2 N–H and O–H groups in total. The molecule has 1 amide bonds. The molecule has 8 nitrogen and oxygen atoms in total. The van der Waals surface area contributed by atoms with Crippen LogP contribution < -0.4 is 5.32 Å². The van der Waals surface area contributed by atoms with Crippen molar-refractivity contribution >= 4 is 17.5 Å². The Morgan fingerprint density at radius 1 is 1.56 bits per heavy atom. The fourth-order valence-electron chi connectivity index (χ4n) is 1.57. The molecular formula is C10H11N5O3. The van der Waals surface area contributed by atoms with E-state index in [2.05, 4.69) is 15.5 Å². The number of H-pyrrole nitrogens is 1. The minimum atomic E-state index is -0.546. The zero-order chi connectivity index (χ0) is 13.3. The summed E-state index contributed by atoms with van der Waals surface area (Å²) in [5.41, 5.74) is 1.01. The number of carbonyl (C=O) groups excluding carboxylic acids is 1. The molecule has 0 aromatic carbocycles. The van der Waals surface area contributed by atoms with E-state index >= 15 is 0 Å². The van der Waals surface area contributed by atoms with Crippen LogP contribution in [-0.2, 0) is 7.05 Å². The van der Waals surface area contributed by atoms with Crippen LogP contribution >= 0.6 is 0 Å². The lowest BCUT2D eigenvalue weighted by molar-refractivity contribution is -0.391. The molecule has 2 aromatic heterocycles. The second-order valence-electron chi connectivity index (χ2n) is 3.78. The highest BCUT2D eigenvalue weighted by atomic mass is 16.6. The molecule has 8 heteroatoms. The van der Waals surface area contributed by atoms with Gasteiger partial charge in [0, 0.05) is 17.8 Å². The molecule has 0 bridgehead atoms. The summed E-state index contributed by atoms with van der Waals surface area (Å²) >= 11 is 0. The van der Waals surface area contributed by atoms with Crippen LogP contribution in [0.5, 0.6) is 0 Å². The van der Waals surface area contributed by atoms with Gasteiger partial charge in [0.25, 0.3) is 5.91 Å². The summed E-state index contributed by atoms with van der Waals surface area (Å²) in [6.45, 7) is 1.80. The van der Waals surface area contributed by atoms with E-state index in [4.69, 9.17) is 0 Å². The molecule has 0 saturated heterocycles. The van der Waals surface area contributed by atoms with Crippen LogP contribution in [0, 0.1) is 17.0 Å². The molecule has 0 atom stereocenters. The van der Waals surface area contributed by atoms with Crippen LogP contribution in [0.3, 0.4) is 0 Å². The molecule has 2 heterocycles. The van der Waals surface area contributed by atoms with E-state index < -0.39 is 10.8 Å². The van der Waals surface area contributed by atoms with Crippen molar-refractivity contribution in [1.82, 2.24) is 14.8 Å². The second kappa shape index (κ2) is 4.32. The second-order valence-corrected chi connectivity index (χ2v) is 3.78. The van der Waals surface area contributed by atoms with Gasteiger partial charge in [-0.1, -0.05) is 0 Å². The molecule has 0 saturated carbocycles. The van der Waals surface area contributed by atoms with Crippen LogP contribution in [0.2, 0.25) is 0 Å². The summed E-state index contributed by atoms with van der Waals surface area (Å²) in [7, 11) is 1.46. The summed E-state index contributed by atoms with van der Waals surface area (Å²) in [6.07, 6.45) is 0. The Bertz CT molecular complexity index is 613. The maximum absolute atomic E-state index is 11.9. The van der Waals surface area contributed by atoms with E-state index in [1.807, 2.05) is 0 Å². The average Bonchev–Trinajstić information content (AvgIpc) is 2.85. The Morgan fingerprint density at radius 3 is 2.78 bits per heavy atom. The summed E-state index contributed by atoms with van der Waals surface area (Å²) in [5, 5.41) is 19.7. The van der Waals surface area contributed by atoms with E-state index in [0.717, 1.165) is 5.69 Å². The number of nitrogens with one attached hydrogen (secondary N) is 2. The van der Waals surface area contributed by atoms with Crippen molar-refractivity contribution in [2.75, 3.05) is 5.32 Å². The third kappa shape index (κ3) is 2.08. The number of aromatic nitrogens is 3. The molecule has 0 radical (unpaired) electrons. The number of hydrogen-bond acceptors (Lipinski definition) is 4. The normalized spacial score (nSPS) is 10.3. The highest BCUT2D eigenvalue weighted by Gasteiger charge is 2.20. The molecule has 0 aliphatic heterocycles. The molecular weight excluding hydrogens is 238 g/mol. The van der Waals surface area contributed by atoms with E-state index in [1.54, 1.807) is 13.0 Å². The van der Waals surface area contributed by atoms with Gasteiger partial charge in [-0.3, -0.25) is 9.89 Å². The first-order valence-corrected chi connectivity index (χ1v) is 5.12. The lowest BCUT2D eigenvalue weighted by Gasteiger charge is -2.00. The molecule has 2 aromatic rings. The Morgan fingerprint density at radius 2 is 2.28 bits per heavy atom. The van der Waals surface area contributed by atoms with Crippen molar-refractivity contribution < 1.29 is 9.72 Å². The van der Waals surface area contributed by atoms with E-state index in [-0.39, 0.29) is 11.5 Å². The minimum Gasteiger partial charge on any atom is -0.358 e. The predicted molar refractivity (Wildman–Crippen MR) is 63.3 cm³/mol. The van der Waals surface area contributed by atoms with Crippen LogP contribution in [0.25, 0.3) is 0 Å². The van der Waals surface area contributed by atoms with Gasteiger partial charge in [0.1, 0.15) is 0 Å². The van der Waals surface area contributed by atoms with Gasteiger partial charge in [-0.15, -0.1) is 0 Å². The number of anilines is 1. The van der Waals surface area contributed by atoms with Crippen molar-refractivity contribution in [3.05, 3.63) is 39.7 Å². The lowest BCUT2D eigenvalue weighted by Crippen LogP contribution is -2.16. The van der Waals surface area contributed by atoms with Gasteiger partial charge in [-0.05, 0) is 17.9 Å². The van der Waals surface area contributed by atoms with Gasteiger partial charge >= 0.3 is 5.82 Å². The Kier molecular flexibility index (Phi) is 2.84. The SMILES string of the molecule is Cc1cc(NC(=O)c2ccc([N+](=O)[O-])n2C)n[nH]1. The van der Waals surface area contributed by atoms with Crippen molar-refractivity contribution in [2.45, 2.75) is 6.92 Å². The highest BCUT2D eigenvalue weighted by Crippen LogP contribution is 2.16. The van der Waals surface area contributed by atoms with E-state index in [9.17, 15) is 14.9 Å². The summed E-state index contributed by atoms with van der Waals surface area (Å²) in [6, 6.07) is 4.34. The van der Waals surface area contributed by atoms with Crippen molar-refractivity contribution in [2.24, 2.45) is 7.05 Å². The maximum atomic E-state index is 11.9. The van der Waals surface area contributed by atoms with Gasteiger partial charge in [0.05, 0.1) is 7.05 Å². The number of rotatable bonds is 3. The number of hydrogen-bond donors (Lipinski definition) is 2. The van der Waals surface area contributed by atoms with E-state index in [0.29, 0.717) is 5.82 Å².